The molecule has 3 rings (SSSR count). The summed E-state index contributed by atoms with van der Waals surface area (Å²) in [6.07, 6.45) is 4.99. The van der Waals surface area contributed by atoms with Crippen molar-refractivity contribution in [1.29, 1.82) is 0 Å². The summed E-state index contributed by atoms with van der Waals surface area (Å²) in [5, 5.41) is 2.68. The highest BCUT2D eigenvalue weighted by atomic mass is 32.2. The van der Waals surface area contributed by atoms with Crippen molar-refractivity contribution in [3.8, 4) is 0 Å². The lowest BCUT2D eigenvalue weighted by Gasteiger charge is -2.30. The van der Waals surface area contributed by atoms with Crippen molar-refractivity contribution in [2.24, 2.45) is 5.73 Å². The van der Waals surface area contributed by atoms with E-state index in [1.165, 1.54) is 34.6 Å². The minimum Gasteiger partial charge on any atom is -0.366 e. The van der Waals surface area contributed by atoms with E-state index in [2.05, 4.69) is 5.32 Å². The van der Waals surface area contributed by atoms with Gasteiger partial charge in [-0.1, -0.05) is 25.3 Å². The quantitative estimate of drug-likeness (QED) is 0.756. The van der Waals surface area contributed by atoms with Gasteiger partial charge in [0.1, 0.15) is 0 Å². The van der Waals surface area contributed by atoms with Crippen molar-refractivity contribution in [3.05, 3.63) is 59.7 Å². The first-order chi connectivity index (χ1) is 13.8. The maximum absolute atomic E-state index is 12.9. The van der Waals surface area contributed by atoms with E-state index in [1.54, 1.807) is 25.2 Å². The molecule has 0 spiro atoms. The molecule has 2 aromatic carbocycles. The van der Waals surface area contributed by atoms with E-state index >= 15 is 0 Å². The van der Waals surface area contributed by atoms with Gasteiger partial charge in [0, 0.05) is 29.9 Å². The Morgan fingerprint density at radius 2 is 1.66 bits per heavy atom. The van der Waals surface area contributed by atoms with Crippen LogP contribution in [0.4, 0.5) is 5.69 Å². The highest BCUT2D eigenvalue weighted by Gasteiger charge is 2.29. The topological polar surface area (TPSA) is 110 Å². The van der Waals surface area contributed by atoms with Crippen LogP contribution in [0.1, 0.15) is 52.8 Å². The van der Waals surface area contributed by atoms with Crippen molar-refractivity contribution in [2.45, 2.75) is 43.0 Å². The summed E-state index contributed by atoms with van der Waals surface area (Å²) in [5.41, 5.74) is 6.28. The van der Waals surface area contributed by atoms with Gasteiger partial charge in [-0.25, -0.2) is 8.42 Å². The Morgan fingerprint density at radius 3 is 2.28 bits per heavy atom. The Balaban J connectivity index is 1.73. The number of sulfonamides is 1. The molecule has 1 saturated carbocycles. The van der Waals surface area contributed by atoms with Crippen molar-refractivity contribution < 1.29 is 18.0 Å². The fraction of sp³-hybridized carbons (Fsp3) is 0.333. The number of nitrogens with one attached hydrogen (secondary N) is 1. The van der Waals surface area contributed by atoms with Crippen molar-refractivity contribution in [2.75, 3.05) is 12.4 Å². The number of carbonyl (C=O) groups is 2. The van der Waals surface area contributed by atoms with E-state index in [0.29, 0.717) is 11.3 Å². The van der Waals surface area contributed by atoms with Gasteiger partial charge in [0.05, 0.1) is 4.90 Å². The normalized spacial score (nSPS) is 15.2. The molecule has 7 nitrogen and oxygen atoms in total. The number of hydrogen-bond donors (Lipinski definition) is 2. The van der Waals surface area contributed by atoms with Gasteiger partial charge in [-0.15, -0.1) is 0 Å². The standard InChI is InChI=1S/C21H25N3O4S/c1-24(18-8-3-2-4-9-18)29(27,28)19-12-10-15(11-13-19)21(26)23-17-7-5-6-16(14-17)20(22)25/h5-7,10-14,18H,2-4,8-9H2,1H3,(H2,22,25)(H,23,26). The Bertz CT molecular complexity index is 997. The van der Waals surface area contributed by atoms with Gasteiger partial charge in [-0.05, 0) is 55.3 Å². The van der Waals surface area contributed by atoms with Gasteiger partial charge >= 0.3 is 0 Å². The minimum atomic E-state index is -3.60. The molecule has 29 heavy (non-hydrogen) atoms. The summed E-state index contributed by atoms with van der Waals surface area (Å²) in [4.78, 5) is 23.9. The molecule has 0 bridgehead atoms. The van der Waals surface area contributed by atoms with Crippen molar-refractivity contribution in [1.82, 2.24) is 4.31 Å². The number of amides is 2. The van der Waals surface area contributed by atoms with Crippen LogP contribution >= 0.6 is 0 Å². The Morgan fingerprint density at radius 1 is 1.00 bits per heavy atom. The Labute approximate surface area is 171 Å². The smallest absolute Gasteiger partial charge is 0.255 e. The van der Waals surface area contributed by atoms with E-state index in [0.717, 1.165) is 32.1 Å². The fourth-order valence-electron chi connectivity index (χ4n) is 3.54. The molecule has 8 heteroatoms. The van der Waals surface area contributed by atoms with Crippen LogP contribution < -0.4 is 11.1 Å². The molecule has 3 N–H and O–H groups in total. The van der Waals surface area contributed by atoms with Crippen LogP contribution in [0.15, 0.2) is 53.4 Å². The van der Waals surface area contributed by atoms with Crippen LogP contribution in [0.5, 0.6) is 0 Å². The molecule has 2 amide bonds. The van der Waals surface area contributed by atoms with Gasteiger partial charge in [0.25, 0.3) is 5.91 Å². The van der Waals surface area contributed by atoms with Crippen molar-refractivity contribution >= 4 is 27.5 Å². The maximum Gasteiger partial charge on any atom is 0.255 e. The predicted octanol–water partition coefficient (Wildman–Crippen LogP) is 2.99. The van der Waals surface area contributed by atoms with E-state index in [1.807, 2.05) is 0 Å². The number of carbonyl (C=O) groups excluding carboxylic acids is 2. The highest BCUT2D eigenvalue weighted by molar-refractivity contribution is 7.89. The van der Waals surface area contributed by atoms with Gasteiger partial charge < -0.3 is 11.1 Å². The maximum atomic E-state index is 12.9. The molecule has 0 unspecified atom stereocenters. The summed E-state index contributed by atoms with van der Waals surface area (Å²) >= 11 is 0. The molecular weight excluding hydrogens is 390 g/mol. The highest BCUT2D eigenvalue weighted by Crippen LogP contribution is 2.26. The lowest BCUT2D eigenvalue weighted by Crippen LogP contribution is -2.38. The Hall–Kier alpha value is -2.71. The number of benzene rings is 2. The lowest BCUT2D eigenvalue weighted by molar-refractivity contribution is 0.0996. The Kier molecular flexibility index (Phi) is 6.34. The summed E-state index contributed by atoms with van der Waals surface area (Å²) in [5.74, 6) is -0.992. The largest absolute Gasteiger partial charge is 0.366 e. The zero-order valence-corrected chi connectivity index (χ0v) is 17.1. The van der Waals surface area contributed by atoms with Crippen LogP contribution in [0.3, 0.4) is 0 Å². The zero-order chi connectivity index (χ0) is 21.0. The van der Waals surface area contributed by atoms with Crippen molar-refractivity contribution in [3.63, 3.8) is 0 Å². The molecule has 0 saturated heterocycles. The monoisotopic (exact) mass is 415 g/mol. The third kappa shape index (κ3) is 4.83. The minimum absolute atomic E-state index is 0.0225. The SMILES string of the molecule is CN(C1CCCCC1)S(=O)(=O)c1ccc(C(=O)Nc2cccc(C(N)=O)c2)cc1. The fourth-order valence-corrected chi connectivity index (χ4v) is 4.95. The first-order valence-corrected chi connectivity index (χ1v) is 11.0. The average molecular weight is 416 g/mol. The van der Waals surface area contributed by atoms with E-state index < -0.39 is 21.8 Å². The number of anilines is 1. The first-order valence-electron chi connectivity index (χ1n) is 9.58. The van der Waals surface area contributed by atoms with Gasteiger partial charge in [0.2, 0.25) is 15.9 Å². The van der Waals surface area contributed by atoms with E-state index in [4.69, 9.17) is 5.73 Å². The number of nitrogens with two attached hydrogens (primary N) is 1. The van der Waals surface area contributed by atoms with Crippen LogP contribution in [-0.2, 0) is 10.0 Å². The summed E-state index contributed by atoms with van der Waals surface area (Å²) < 4.78 is 27.2. The average Bonchev–Trinajstić information content (AvgIpc) is 2.74. The zero-order valence-electron chi connectivity index (χ0n) is 16.3. The van der Waals surface area contributed by atoms with Crippen LogP contribution in [0, 0.1) is 0 Å². The van der Waals surface area contributed by atoms with E-state index in [-0.39, 0.29) is 16.5 Å². The molecule has 2 aromatic rings. The molecule has 1 aliphatic rings. The van der Waals surface area contributed by atoms with Gasteiger partial charge in [-0.2, -0.15) is 4.31 Å². The molecule has 0 aliphatic heterocycles. The van der Waals surface area contributed by atoms with E-state index in [9.17, 15) is 18.0 Å². The first kappa shape index (κ1) is 21.0. The number of nitrogens with zero attached hydrogens (tertiary/aromatic N) is 1. The third-order valence-corrected chi connectivity index (χ3v) is 7.21. The second-order valence-electron chi connectivity index (χ2n) is 7.24. The lowest BCUT2D eigenvalue weighted by atomic mass is 9.96. The number of rotatable bonds is 6. The summed E-state index contributed by atoms with van der Waals surface area (Å²) in [6, 6.07) is 12.2. The van der Waals surface area contributed by atoms with Gasteiger partial charge in [0.15, 0.2) is 0 Å². The van der Waals surface area contributed by atoms with Gasteiger partial charge in [-0.3, -0.25) is 9.59 Å². The second kappa shape index (κ2) is 8.75. The predicted molar refractivity (Wildman–Crippen MR) is 111 cm³/mol. The van der Waals surface area contributed by atoms with Crippen LogP contribution in [0.2, 0.25) is 0 Å². The molecule has 1 fully saturated rings. The molecule has 0 radical (unpaired) electrons. The molecule has 0 heterocycles. The molecule has 1 aliphatic carbocycles. The molecular formula is C21H25N3O4S. The third-order valence-electron chi connectivity index (χ3n) is 5.29. The summed E-state index contributed by atoms with van der Waals surface area (Å²) in [6.45, 7) is 0. The summed E-state index contributed by atoms with van der Waals surface area (Å²) in [7, 11) is -1.98. The molecule has 0 atom stereocenters. The molecule has 154 valence electrons. The van der Waals surface area contributed by atoms with Crippen LogP contribution in [-0.4, -0.2) is 37.6 Å². The number of hydrogen-bond acceptors (Lipinski definition) is 4. The van der Waals surface area contributed by atoms with Crippen LogP contribution in [0.25, 0.3) is 0 Å². The number of primary amides is 1. The second-order valence-corrected chi connectivity index (χ2v) is 9.23. The molecule has 0 aromatic heterocycles.